The van der Waals surface area contributed by atoms with E-state index in [1.807, 2.05) is 6.20 Å². The van der Waals surface area contributed by atoms with E-state index in [1.165, 1.54) is 24.1 Å². The Morgan fingerprint density at radius 1 is 0.925 bits per heavy atom. The van der Waals surface area contributed by atoms with Crippen molar-refractivity contribution in [2.75, 3.05) is 0 Å². The number of nitrogens with zero attached hydrogens (tertiary/aromatic N) is 2. The lowest BCUT2D eigenvalue weighted by atomic mass is 9.68. The zero-order chi connectivity index (χ0) is 30.8. The van der Waals surface area contributed by atoms with Crippen LogP contribution in [0.5, 0.6) is 0 Å². The quantitative estimate of drug-likeness (QED) is 0.292. The van der Waals surface area contributed by atoms with Crippen LogP contribution in [0.2, 0.25) is 0 Å². The van der Waals surface area contributed by atoms with Gasteiger partial charge in [0.2, 0.25) is 6.34 Å². The van der Waals surface area contributed by atoms with E-state index in [0.717, 1.165) is 44.4 Å². The smallest absolute Gasteiger partial charge is 0.300 e. The van der Waals surface area contributed by atoms with Crippen LogP contribution in [0.15, 0.2) is 12.5 Å². The first kappa shape index (κ1) is 33.9. The van der Waals surface area contributed by atoms with Gasteiger partial charge in [-0.15, -0.1) is 0 Å². The lowest BCUT2D eigenvalue weighted by Gasteiger charge is -2.37. The molecule has 1 aromatic rings. The molecule has 0 saturated heterocycles. The van der Waals surface area contributed by atoms with Crippen LogP contribution in [-0.4, -0.2) is 33.2 Å². The largest absolute Gasteiger partial charge is 0.481 e. The van der Waals surface area contributed by atoms with Crippen molar-refractivity contribution in [2.45, 2.75) is 114 Å². The molecule has 4 unspecified atom stereocenters. The number of Topliss-reactive ketones (excluding diaryl/α,β-unsaturated/α-hetero) is 1. The van der Waals surface area contributed by atoms with Gasteiger partial charge in [0, 0.05) is 31.4 Å². The fraction of sp³-hybridized carbons (Fsp3) is 0.788. The second-order valence-corrected chi connectivity index (χ2v) is 14.9. The zero-order valence-corrected chi connectivity index (χ0v) is 27.0. The van der Waals surface area contributed by atoms with Gasteiger partial charge in [-0.2, -0.15) is 0 Å². The number of carboxylic acids is 1. The molecule has 0 aliphatic heterocycles. The van der Waals surface area contributed by atoms with Gasteiger partial charge in [0.05, 0.1) is 5.69 Å². The molecule has 4 aliphatic rings. The molecule has 5 rings (SSSR count). The molecule has 0 spiro atoms. The number of carbonyl (C=O) groups excluding carboxylic acids is 1. The predicted octanol–water partition coefficient (Wildman–Crippen LogP) is 5.32. The van der Waals surface area contributed by atoms with E-state index < -0.39 is 5.97 Å². The number of rotatable bonds is 0. The van der Waals surface area contributed by atoms with Crippen LogP contribution < -0.4 is 11.1 Å². The standard InChI is InChI=1S/C16H24N2.C14H24O.C2H4O2.CH4N2/c1-10-15(2,3)12-7-6-11-8-17-9-18-14(11)13(12)16(10,4)5;1-9-13(2,3)10-7-6-8-11(15)12(10)14(9,4)5;1-2(3)4;2-1-3/h8-10,12-13H,6-7H2,1-5H3;9-10,12H,6-8H2,1-5H3;1H3,(H,3,4);1H,(H3,2,3)/p+1/t10?,12-,13?;9?,10-,12?;;/m11../s1. The third-order valence-electron chi connectivity index (χ3n) is 11.9. The Bertz CT molecular complexity index is 1060. The van der Waals surface area contributed by atoms with Crippen LogP contribution in [0.4, 0.5) is 0 Å². The maximum atomic E-state index is 12.1. The molecule has 0 radical (unpaired) electrons. The molecule has 4 aliphatic carbocycles. The summed E-state index contributed by atoms with van der Waals surface area (Å²) in [5, 5.41) is 11.9. The van der Waals surface area contributed by atoms with Crippen molar-refractivity contribution >= 4 is 18.1 Å². The Morgan fingerprint density at radius 3 is 1.85 bits per heavy atom. The molecule has 7 heteroatoms. The number of aliphatic carboxylic acids is 1. The molecule has 226 valence electrons. The van der Waals surface area contributed by atoms with Crippen molar-refractivity contribution in [2.24, 2.45) is 57.0 Å². The summed E-state index contributed by atoms with van der Waals surface area (Å²) in [5.74, 6) is 3.40. The van der Waals surface area contributed by atoms with Gasteiger partial charge in [-0.1, -0.05) is 69.2 Å². The second kappa shape index (κ2) is 12.3. The van der Waals surface area contributed by atoms with E-state index in [0.29, 0.717) is 45.7 Å². The minimum Gasteiger partial charge on any atom is -0.481 e. The molecular formula is C33H57N4O3+. The minimum absolute atomic E-state index is 0.200. The molecule has 0 bridgehead atoms. The molecule has 0 aromatic carbocycles. The SMILES string of the molecule is CC(=O)O.CC1C(C)(C)C2C(=O)CCC[C@H]2C1(C)C.CC1C(C)(C)C2c3ncncc3CC[C@H]2C1(C)C.NC=[NH2+]. The molecule has 1 heterocycles. The number of aromatic nitrogens is 2. The Morgan fingerprint density at radius 2 is 1.38 bits per heavy atom. The van der Waals surface area contributed by atoms with Gasteiger partial charge in [-0.05, 0) is 76.6 Å². The van der Waals surface area contributed by atoms with E-state index in [4.69, 9.17) is 9.90 Å². The van der Waals surface area contributed by atoms with E-state index in [9.17, 15) is 4.79 Å². The van der Waals surface area contributed by atoms with Crippen LogP contribution in [0, 0.1) is 51.2 Å². The van der Waals surface area contributed by atoms with Crippen molar-refractivity contribution in [3.05, 3.63) is 23.8 Å². The Labute approximate surface area is 243 Å². The highest BCUT2D eigenvalue weighted by molar-refractivity contribution is 5.83. The normalized spacial score (nSPS) is 33.1. The van der Waals surface area contributed by atoms with Gasteiger partial charge in [-0.25, -0.2) is 9.97 Å². The van der Waals surface area contributed by atoms with Crippen LogP contribution in [0.25, 0.3) is 0 Å². The summed E-state index contributed by atoms with van der Waals surface area (Å²) < 4.78 is 0. The topological polar surface area (TPSA) is 132 Å². The summed E-state index contributed by atoms with van der Waals surface area (Å²) in [4.78, 5) is 30.0. The van der Waals surface area contributed by atoms with Crippen LogP contribution in [0.3, 0.4) is 0 Å². The molecule has 5 N–H and O–H groups in total. The summed E-state index contributed by atoms with van der Waals surface area (Å²) in [6.45, 7) is 25.0. The number of carboxylic acid groups (broad SMARTS) is 1. The first-order valence-electron chi connectivity index (χ1n) is 15.1. The van der Waals surface area contributed by atoms with Crippen molar-refractivity contribution in [3.8, 4) is 0 Å². The van der Waals surface area contributed by atoms with E-state index in [1.54, 1.807) is 6.33 Å². The lowest BCUT2D eigenvalue weighted by molar-refractivity contribution is -0.134. The van der Waals surface area contributed by atoms with Crippen molar-refractivity contribution in [1.82, 2.24) is 9.97 Å². The number of carbonyl (C=O) groups is 2. The second-order valence-electron chi connectivity index (χ2n) is 14.9. The van der Waals surface area contributed by atoms with Crippen molar-refractivity contribution < 1.29 is 20.1 Å². The van der Waals surface area contributed by atoms with Gasteiger partial charge < -0.3 is 5.11 Å². The third kappa shape index (κ3) is 6.13. The predicted molar refractivity (Wildman–Crippen MR) is 161 cm³/mol. The molecule has 40 heavy (non-hydrogen) atoms. The number of hydrogen-bond acceptors (Lipinski definition) is 4. The van der Waals surface area contributed by atoms with Gasteiger partial charge in [0.1, 0.15) is 12.1 Å². The lowest BCUT2D eigenvalue weighted by Crippen LogP contribution is -2.35. The van der Waals surface area contributed by atoms with E-state index in [-0.39, 0.29) is 5.41 Å². The third-order valence-corrected chi connectivity index (χ3v) is 11.9. The van der Waals surface area contributed by atoms with Gasteiger partial charge in [0.15, 0.2) is 0 Å². The molecule has 6 atom stereocenters. The first-order chi connectivity index (χ1) is 18.3. The average molecular weight is 558 g/mol. The summed E-state index contributed by atoms with van der Waals surface area (Å²) in [7, 11) is 0. The zero-order valence-electron chi connectivity index (χ0n) is 27.0. The van der Waals surface area contributed by atoms with E-state index in [2.05, 4.69) is 90.3 Å². The van der Waals surface area contributed by atoms with Gasteiger partial charge in [-0.3, -0.25) is 20.7 Å². The fourth-order valence-electron chi connectivity index (χ4n) is 9.06. The van der Waals surface area contributed by atoms with Gasteiger partial charge >= 0.3 is 0 Å². The number of fused-ring (bicyclic) bond motifs is 4. The number of aryl methyl sites for hydroxylation is 1. The highest BCUT2D eigenvalue weighted by atomic mass is 16.4. The van der Waals surface area contributed by atoms with E-state index >= 15 is 0 Å². The monoisotopic (exact) mass is 557 g/mol. The number of nitrogens with two attached hydrogens (primary N) is 2. The van der Waals surface area contributed by atoms with Gasteiger partial charge in [0.25, 0.3) is 5.97 Å². The number of ketones is 1. The van der Waals surface area contributed by atoms with Crippen LogP contribution in [-0.2, 0) is 16.0 Å². The fourth-order valence-corrected chi connectivity index (χ4v) is 9.06. The van der Waals surface area contributed by atoms with Crippen LogP contribution in [0.1, 0.15) is 119 Å². The Hall–Kier alpha value is -2.31. The molecule has 3 saturated carbocycles. The van der Waals surface area contributed by atoms with Crippen molar-refractivity contribution in [1.29, 1.82) is 0 Å². The highest BCUT2D eigenvalue weighted by Gasteiger charge is 2.61. The molecule has 3 fully saturated rings. The first-order valence-corrected chi connectivity index (χ1v) is 15.1. The summed E-state index contributed by atoms with van der Waals surface area (Å²) >= 11 is 0. The maximum absolute atomic E-state index is 12.1. The molecular weight excluding hydrogens is 500 g/mol. The summed E-state index contributed by atoms with van der Waals surface area (Å²) in [5.41, 5.74) is 8.50. The maximum Gasteiger partial charge on any atom is 0.300 e. The van der Waals surface area contributed by atoms with Crippen LogP contribution >= 0.6 is 0 Å². The molecule has 0 amide bonds. The average Bonchev–Trinajstić information content (AvgIpc) is 3.09. The highest BCUT2D eigenvalue weighted by Crippen LogP contribution is 2.66. The summed E-state index contributed by atoms with van der Waals surface area (Å²) in [6, 6.07) is 0. The molecule has 1 aromatic heterocycles. The summed E-state index contributed by atoms with van der Waals surface area (Å²) in [6.07, 6.45) is 10.4. The Balaban J connectivity index is 0.000000230. The van der Waals surface area contributed by atoms with Crippen molar-refractivity contribution in [3.63, 3.8) is 0 Å². The Kier molecular flexibility index (Phi) is 10.4. The number of hydrogen-bond donors (Lipinski definition) is 3. The molecule has 7 nitrogen and oxygen atoms in total. The minimum atomic E-state index is -0.833.